The number of carbonyl (C=O) groups excluding carboxylic acids is 1. The molecular formula is C14H19NO5S. The van der Waals surface area contributed by atoms with E-state index in [4.69, 9.17) is 14.6 Å². The van der Waals surface area contributed by atoms with Gasteiger partial charge in [-0.3, -0.25) is 4.79 Å². The maximum Gasteiger partial charge on any atom is 0.326 e. The molecule has 0 radical (unpaired) electrons. The van der Waals surface area contributed by atoms with Gasteiger partial charge in [-0.1, -0.05) is 6.07 Å². The third kappa shape index (κ3) is 4.56. The number of hydrogen-bond donors (Lipinski definition) is 2. The number of methoxy groups -OCH3 is 2. The van der Waals surface area contributed by atoms with E-state index < -0.39 is 17.9 Å². The van der Waals surface area contributed by atoms with Crippen LogP contribution in [0.25, 0.3) is 0 Å². The van der Waals surface area contributed by atoms with E-state index in [2.05, 4.69) is 5.32 Å². The molecule has 116 valence electrons. The lowest BCUT2D eigenvalue weighted by atomic mass is 10.1. The molecule has 0 saturated heterocycles. The first-order chi connectivity index (χ1) is 10.0. The van der Waals surface area contributed by atoms with Gasteiger partial charge in [0, 0.05) is 0 Å². The molecule has 1 rings (SSSR count). The molecule has 2 N–H and O–H groups in total. The average molecular weight is 313 g/mol. The molecule has 1 unspecified atom stereocenters. The fourth-order valence-corrected chi connectivity index (χ4v) is 2.27. The van der Waals surface area contributed by atoms with Crippen LogP contribution in [0.15, 0.2) is 18.2 Å². The minimum atomic E-state index is -1.06. The van der Waals surface area contributed by atoms with Crippen LogP contribution in [0.4, 0.5) is 0 Å². The number of carboxylic acid groups (broad SMARTS) is 1. The summed E-state index contributed by atoms with van der Waals surface area (Å²) < 4.78 is 10.3. The number of amides is 1. The Morgan fingerprint density at radius 3 is 2.57 bits per heavy atom. The summed E-state index contributed by atoms with van der Waals surface area (Å²) in [5, 5.41) is 11.6. The van der Waals surface area contributed by atoms with Crippen LogP contribution in [0.1, 0.15) is 16.8 Å². The highest BCUT2D eigenvalue weighted by molar-refractivity contribution is 7.98. The van der Waals surface area contributed by atoms with Gasteiger partial charge in [0.05, 0.1) is 19.8 Å². The van der Waals surface area contributed by atoms with Gasteiger partial charge in [-0.2, -0.15) is 11.8 Å². The van der Waals surface area contributed by atoms with Gasteiger partial charge in [-0.25, -0.2) is 4.79 Å². The highest BCUT2D eigenvalue weighted by Gasteiger charge is 2.23. The predicted octanol–water partition coefficient (Wildman–Crippen LogP) is 1.64. The van der Waals surface area contributed by atoms with Gasteiger partial charge in [0.15, 0.2) is 11.5 Å². The van der Waals surface area contributed by atoms with Crippen molar-refractivity contribution in [2.45, 2.75) is 12.5 Å². The second kappa shape index (κ2) is 8.41. The molecule has 7 heteroatoms. The number of benzene rings is 1. The number of para-hydroxylation sites is 1. The van der Waals surface area contributed by atoms with E-state index in [-0.39, 0.29) is 11.3 Å². The quantitative estimate of drug-likeness (QED) is 0.759. The smallest absolute Gasteiger partial charge is 0.326 e. The van der Waals surface area contributed by atoms with Crippen LogP contribution in [0.3, 0.4) is 0 Å². The zero-order valence-corrected chi connectivity index (χ0v) is 13.0. The maximum atomic E-state index is 12.3. The summed E-state index contributed by atoms with van der Waals surface area (Å²) in [5.74, 6) is -0.210. The van der Waals surface area contributed by atoms with Gasteiger partial charge in [0.25, 0.3) is 5.91 Å². The molecule has 0 aromatic heterocycles. The van der Waals surface area contributed by atoms with Crippen LogP contribution in [0, 0.1) is 0 Å². The third-order valence-corrected chi connectivity index (χ3v) is 3.51. The van der Waals surface area contributed by atoms with E-state index in [1.54, 1.807) is 18.2 Å². The summed E-state index contributed by atoms with van der Waals surface area (Å²) in [6.07, 6.45) is 2.24. The van der Waals surface area contributed by atoms with E-state index in [1.807, 2.05) is 6.26 Å². The zero-order chi connectivity index (χ0) is 15.8. The van der Waals surface area contributed by atoms with E-state index >= 15 is 0 Å². The molecule has 0 aliphatic carbocycles. The van der Waals surface area contributed by atoms with Crippen molar-refractivity contribution < 1.29 is 24.2 Å². The molecule has 0 heterocycles. The van der Waals surface area contributed by atoms with Crippen molar-refractivity contribution >= 4 is 23.6 Å². The third-order valence-electron chi connectivity index (χ3n) is 2.86. The highest BCUT2D eigenvalue weighted by Crippen LogP contribution is 2.30. The highest BCUT2D eigenvalue weighted by atomic mass is 32.2. The summed E-state index contributed by atoms with van der Waals surface area (Å²) in [6.45, 7) is 0. The van der Waals surface area contributed by atoms with Crippen molar-refractivity contribution in [3.8, 4) is 11.5 Å². The van der Waals surface area contributed by atoms with Crippen LogP contribution in [-0.2, 0) is 4.79 Å². The first-order valence-corrected chi connectivity index (χ1v) is 7.68. The number of ether oxygens (including phenoxy) is 2. The molecule has 0 fully saturated rings. The molecular weight excluding hydrogens is 294 g/mol. The number of rotatable bonds is 8. The number of hydrogen-bond acceptors (Lipinski definition) is 5. The van der Waals surface area contributed by atoms with Gasteiger partial charge in [0.1, 0.15) is 6.04 Å². The summed E-state index contributed by atoms with van der Waals surface area (Å²) in [7, 11) is 2.90. The Labute approximate surface area is 127 Å². The molecule has 1 aromatic rings. The van der Waals surface area contributed by atoms with Crippen molar-refractivity contribution in [3.63, 3.8) is 0 Å². The first kappa shape index (κ1) is 17.2. The molecule has 0 bridgehead atoms. The van der Waals surface area contributed by atoms with Gasteiger partial charge in [-0.15, -0.1) is 0 Å². The zero-order valence-electron chi connectivity index (χ0n) is 12.2. The van der Waals surface area contributed by atoms with Gasteiger partial charge >= 0.3 is 5.97 Å². The van der Waals surface area contributed by atoms with Crippen LogP contribution in [-0.4, -0.2) is 49.3 Å². The summed E-state index contributed by atoms with van der Waals surface area (Å²) in [6, 6.07) is 3.94. The van der Waals surface area contributed by atoms with Crippen LogP contribution < -0.4 is 14.8 Å². The van der Waals surface area contributed by atoms with E-state index in [9.17, 15) is 9.59 Å². The standard InChI is InChI=1S/C14H19NO5S/c1-19-11-6-4-5-9(12(11)20-2)13(16)15-10(14(17)18)7-8-21-3/h4-6,10H,7-8H2,1-3H3,(H,15,16)(H,17,18). The van der Waals surface area contributed by atoms with Crippen molar-refractivity contribution in [3.05, 3.63) is 23.8 Å². The molecule has 1 amide bonds. The van der Waals surface area contributed by atoms with Gasteiger partial charge < -0.3 is 19.9 Å². The number of thioether (sulfide) groups is 1. The molecule has 1 atom stereocenters. The van der Waals surface area contributed by atoms with Crippen LogP contribution >= 0.6 is 11.8 Å². The summed E-state index contributed by atoms with van der Waals surface area (Å²) in [5.41, 5.74) is 0.243. The fourth-order valence-electron chi connectivity index (χ4n) is 1.80. The lowest BCUT2D eigenvalue weighted by Gasteiger charge is -2.16. The molecule has 6 nitrogen and oxygen atoms in total. The Morgan fingerprint density at radius 1 is 1.33 bits per heavy atom. The fraction of sp³-hybridized carbons (Fsp3) is 0.429. The maximum absolute atomic E-state index is 12.3. The van der Waals surface area contributed by atoms with Crippen LogP contribution in [0.5, 0.6) is 11.5 Å². The van der Waals surface area contributed by atoms with E-state index in [1.165, 1.54) is 26.0 Å². The first-order valence-electron chi connectivity index (χ1n) is 6.28. The summed E-state index contributed by atoms with van der Waals surface area (Å²) >= 11 is 1.52. The molecule has 0 spiro atoms. The lowest BCUT2D eigenvalue weighted by Crippen LogP contribution is -2.41. The lowest BCUT2D eigenvalue weighted by molar-refractivity contribution is -0.139. The molecule has 0 aliphatic rings. The van der Waals surface area contributed by atoms with Crippen molar-refractivity contribution in [2.75, 3.05) is 26.2 Å². The van der Waals surface area contributed by atoms with Crippen LogP contribution in [0.2, 0.25) is 0 Å². The van der Waals surface area contributed by atoms with Crippen molar-refractivity contribution in [1.82, 2.24) is 5.32 Å². The van der Waals surface area contributed by atoms with Crippen molar-refractivity contribution in [2.24, 2.45) is 0 Å². The Kier molecular flexibility index (Phi) is 6.87. The number of carboxylic acids is 1. The molecule has 0 aliphatic heterocycles. The second-order valence-corrected chi connectivity index (χ2v) is 5.17. The Bertz CT molecular complexity index is 506. The number of carbonyl (C=O) groups is 2. The number of aliphatic carboxylic acids is 1. The molecule has 21 heavy (non-hydrogen) atoms. The minimum absolute atomic E-state index is 0.243. The average Bonchev–Trinajstić information content (AvgIpc) is 2.49. The van der Waals surface area contributed by atoms with Gasteiger partial charge in [-0.05, 0) is 30.6 Å². The molecule has 0 saturated carbocycles. The minimum Gasteiger partial charge on any atom is -0.493 e. The predicted molar refractivity (Wildman–Crippen MR) is 81.4 cm³/mol. The topological polar surface area (TPSA) is 84.9 Å². The number of nitrogens with one attached hydrogen (secondary N) is 1. The Morgan fingerprint density at radius 2 is 2.05 bits per heavy atom. The largest absolute Gasteiger partial charge is 0.493 e. The second-order valence-electron chi connectivity index (χ2n) is 4.19. The Balaban J connectivity index is 2.94. The van der Waals surface area contributed by atoms with Crippen molar-refractivity contribution in [1.29, 1.82) is 0 Å². The van der Waals surface area contributed by atoms with Gasteiger partial charge in [0.2, 0.25) is 0 Å². The van der Waals surface area contributed by atoms with E-state index in [0.29, 0.717) is 17.9 Å². The Hall–Kier alpha value is -1.89. The SMILES string of the molecule is COc1cccc(C(=O)NC(CCSC)C(=O)O)c1OC. The normalized spacial score (nSPS) is 11.6. The van der Waals surface area contributed by atoms with E-state index in [0.717, 1.165) is 0 Å². The molecule has 1 aromatic carbocycles. The summed E-state index contributed by atoms with van der Waals surface area (Å²) in [4.78, 5) is 23.4. The monoisotopic (exact) mass is 313 g/mol.